The number of hydrogen-bond acceptors (Lipinski definition) is 4. The van der Waals surface area contributed by atoms with Gasteiger partial charge >= 0.3 is 6.18 Å². The Morgan fingerprint density at radius 1 is 1.21 bits per heavy atom. The number of ether oxygens (including phenoxy) is 1. The summed E-state index contributed by atoms with van der Waals surface area (Å²) >= 11 is 5.90. The van der Waals surface area contributed by atoms with Gasteiger partial charge in [0.1, 0.15) is 0 Å². The van der Waals surface area contributed by atoms with Gasteiger partial charge in [0.05, 0.1) is 41.9 Å². The fraction of sp³-hybridized carbons (Fsp3) is 0.556. The Morgan fingerprint density at radius 2 is 1.93 bits per heavy atom. The highest BCUT2D eigenvalue weighted by molar-refractivity contribution is 6.33. The van der Waals surface area contributed by atoms with Gasteiger partial charge in [0.25, 0.3) is 0 Å². The van der Waals surface area contributed by atoms with Crippen LogP contribution in [0.2, 0.25) is 5.02 Å². The third-order valence-corrected chi connectivity index (χ3v) is 5.21. The van der Waals surface area contributed by atoms with E-state index in [0.717, 1.165) is 18.2 Å². The van der Waals surface area contributed by atoms with Gasteiger partial charge in [-0.2, -0.15) is 13.2 Å². The van der Waals surface area contributed by atoms with Crippen molar-refractivity contribution in [3.63, 3.8) is 0 Å². The second-order valence-corrected chi connectivity index (χ2v) is 7.31. The smallest absolute Gasteiger partial charge is 0.378 e. The zero-order valence-electron chi connectivity index (χ0n) is 15.1. The monoisotopic (exact) mass is 419 g/mol. The normalized spacial score (nSPS) is 21.0. The largest absolute Gasteiger partial charge is 0.416 e. The quantitative estimate of drug-likeness (QED) is 0.814. The minimum atomic E-state index is -4.52. The van der Waals surface area contributed by atoms with Gasteiger partial charge in [-0.3, -0.25) is 14.5 Å². The molecule has 1 atom stereocenters. The van der Waals surface area contributed by atoms with E-state index in [1.165, 1.54) is 0 Å². The number of amides is 2. The summed E-state index contributed by atoms with van der Waals surface area (Å²) in [5.74, 6) is -0.587. The molecule has 1 unspecified atom stereocenters. The van der Waals surface area contributed by atoms with Gasteiger partial charge in [-0.25, -0.2) is 0 Å². The molecule has 0 bridgehead atoms. The van der Waals surface area contributed by atoms with Crippen molar-refractivity contribution in [2.24, 2.45) is 5.92 Å². The molecule has 0 spiro atoms. The summed E-state index contributed by atoms with van der Waals surface area (Å²) < 4.78 is 43.7. The highest BCUT2D eigenvalue weighted by Gasteiger charge is 2.33. The number of carbonyl (C=O) groups is 2. The first kappa shape index (κ1) is 20.9. The number of likely N-dealkylation sites (tertiary alicyclic amines) is 1. The maximum Gasteiger partial charge on any atom is 0.416 e. The van der Waals surface area contributed by atoms with E-state index >= 15 is 0 Å². The Labute approximate surface area is 165 Å². The molecule has 2 fully saturated rings. The molecule has 28 heavy (non-hydrogen) atoms. The van der Waals surface area contributed by atoms with Gasteiger partial charge in [-0.1, -0.05) is 11.6 Å². The van der Waals surface area contributed by atoms with Crippen molar-refractivity contribution in [1.29, 1.82) is 0 Å². The summed E-state index contributed by atoms with van der Waals surface area (Å²) in [6.07, 6.45) is -3.88. The van der Waals surface area contributed by atoms with E-state index in [-0.39, 0.29) is 29.1 Å². The maximum atomic E-state index is 12.8. The number of carbonyl (C=O) groups excluding carboxylic acids is 2. The summed E-state index contributed by atoms with van der Waals surface area (Å²) in [5.41, 5.74) is -0.967. The number of nitrogens with zero attached hydrogens (tertiary/aromatic N) is 2. The fourth-order valence-corrected chi connectivity index (χ4v) is 3.57. The minimum Gasteiger partial charge on any atom is -0.378 e. The zero-order valence-corrected chi connectivity index (χ0v) is 15.9. The van der Waals surface area contributed by atoms with Gasteiger partial charge in [0, 0.05) is 19.6 Å². The Bertz CT molecular complexity index is 739. The van der Waals surface area contributed by atoms with Crippen LogP contribution in [0.15, 0.2) is 18.2 Å². The molecule has 0 aromatic heterocycles. The Hall–Kier alpha value is -1.84. The van der Waals surface area contributed by atoms with Crippen molar-refractivity contribution < 1.29 is 27.5 Å². The van der Waals surface area contributed by atoms with Crippen molar-refractivity contribution in [3.8, 4) is 0 Å². The predicted octanol–water partition coefficient (Wildman–Crippen LogP) is 2.48. The molecule has 0 radical (unpaired) electrons. The first-order valence-electron chi connectivity index (χ1n) is 8.99. The lowest BCUT2D eigenvalue weighted by atomic mass is 10.1. The second kappa shape index (κ2) is 8.67. The molecular formula is C18H21ClF3N3O3. The van der Waals surface area contributed by atoms with Crippen molar-refractivity contribution >= 4 is 29.1 Å². The number of hydrogen-bond donors (Lipinski definition) is 1. The Kier molecular flexibility index (Phi) is 6.47. The van der Waals surface area contributed by atoms with Crippen molar-refractivity contribution in [3.05, 3.63) is 28.8 Å². The van der Waals surface area contributed by atoms with E-state index in [0.29, 0.717) is 45.8 Å². The summed E-state index contributed by atoms with van der Waals surface area (Å²) in [6.45, 7) is 3.21. The van der Waals surface area contributed by atoms with Crippen LogP contribution in [-0.4, -0.2) is 67.6 Å². The number of nitrogens with one attached hydrogen (secondary N) is 1. The fourth-order valence-electron chi connectivity index (χ4n) is 3.41. The van der Waals surface area contributed by atoms with Gasteiger partial charge in [0.15, 0.2) is 0 Å². The van der Waals surface area contributed by atoms with E-state index in [2.05, 4.69) is 5.32 Å². The molecule has 6 nitrogen and oxygen atoms in total. The van der Waals surface area contributed by atoms with E-state index in [9.17, 15) is 22.8 Å². The molecule has 2 amide bonds. The lowest BCUT2D eigenvalue weighted by molar-refractivity contribution is -0.139. The molecule has 3 rings (SSSR count). The number of rotatable bonds is 4. The molecule has 0 aliphatic carbocycles. The first-order valence-corrected chi connectivity index (χ1v) is 9.37. The maximum absolute atomic E-state index is 12.8. The average Bonchev–Trinajstić information content (AvgIpc) is 3.11. The van der Waals surface area contributed by atoms with Crippen LogP contribution in [0.3, 0.4) is 0 Å². The minimum absolute atomic E-state index is 0.0144. The summed E-state index contributed by atoms with van der Waals surface area (Å²) in [7, 11) is 0. The predicted molar refractivity (Wildman–Crippen MR) is 97.0 cm³/mol. The van der Waals surface area contributed by atoms with Crippen LogP contribution < -0.4 is 5.32 Å². The molecule has 0 saturated carbocycles. The number of halogens is 4. The van der Waals surface area contributed by atoms with Crippen molar-refractivity contribution in [2.75, 3.05) is 51.3 Å². The standard InChI is InChI=1S/C18H21ClF3N3O3/c19-14-2-1-13(18(20,21)22)9-15(14)23-16(26)11-24-4-3-12(10-24)17(27)25-5-7-28-8-6-25/h1-2,9,12H,3-8,10-11H2,(H,23,26). The topological polar surface area (TPSA) is 61.9 Å². The van der Waals surface area contributed by atoms with Gasteiger partial charge in [-0.05, 0) is 31.2 Å². The van der Waals surface area contributed by atoms with Gasteiger partial charge < -0.3 is 15.0 Å². The van der Waals surface area contributed by atoms with E-state index in [1.54, 1.807) is 4.90 Å². The lowest BCUT2D eigenvalue weighted by Gasteiger charge is -2.29. The second-order valence-electron chi connectivity index (χ2n) is 6.90. The number of morpholine rings is 1. The van der Waals surface area contributed by atoms with Crippen LogP contribution in [0.5, 0.6) is 0 Å². The Morgan fingerprint density at radius 3 is 2.61 bits per heavy atom. The molecule has 1 N–H and O–H groups in total. The van der Waals surface area contributed by atoms with Crippen LogP contribution in [0, 0.1) is 5.92 Å². The summed E-state index contributed by atoms with van der Waals surface area (Å²) in [6, 6.07) is 2.78. The van der Waals surface area contributed by atoms with E-state index < -0.39 is 17.6 Å². The number of benzene rings is 1. The highest BCUT2D eigenvalue weighted by atomic mass is 35.5. The molecule has 1 aromatic carbocycles. The Balaban J connectivity index is 1.54. The average molecular weight is 420 g/mol. The van der Waals surface area contributed by atoms with E-state index in [4.69, 9.17) is 16.3 Å². The third-order valence-electron chi connectivity index (χ3n) is 4.88. The van der Waals surface area contributed by atoms with Gasteiger partial charge in [-0.15, -0.1) is 0 Å². The van der Waals surface area contributed by atoms with Crippen LogP contribution in [-0.2, 0) is 20.5 Å². The zero-order chi connectivity index (χ0) is 20.3. The summed E-state index contributed by atoms with van der Waals surface area (Å²) in [5, 5.41) is 2.46. The molecular weight excluding hydrogens is 399 g/mol. The molecule has 10 heteroatoms. The molecule has 2 aliphatic rings. The van der Waals surface area contributed by atoms with Crippen LogP contribution in [0.25, 0.3) is 0 Å². The highest BCUT2D eigenvalue weighted by Crippen LogP contribution is 2.33. The van der Waals surface area contributed by atoms with Crippen molar-refractivity contribution in [2.45, 2.75) is 12.6 Å². The first-order chi connectivity index (χ1) is 13.2. The van der Waals surface area contributed by atoms with Crippen LogP contribution in [0.1, 0.15) is 12.0 Å². The number of alkyl halides is 3. The van der Waals surface area contributed by atoms with E-state index in [1.807, 2.05) is 4.90 Å². The molecule has 2 heterocycles. The summed E-state index contributed by atoms with van der Waals surface area (Å²) in [4.78, 5) is 28.4. The third kappa shape index (κ3) is 5.15. The van der Waals surface area contributed by atoms with Crippen LogP contribution in [0.4, 0.5) is 18.9 Å². The lowest BCUT2D eigenvalue weighted by Crippen LogP contribution is -2.44. The molecule has 2 saturated heterocycles. The van der Waals surface area contributed by atoms with Crippen LogP contribution >= 0.6 is 11.6 Å². The molecule has 1 aromatic rings. The number of anilines is 1. The SMILES string of the molecule is O=C(CN1CCC(C(=O)N2CCOCC2)C1)Nc1cc(C(F)(F)F)ccc1Cl. The molecule has 154 valence electrons. The molecule has 2 aliphatic heterocycles. The van der Waals surface area contributed by atoms with Gasteiger partial charge in [0.2, 0.25) is 11.8 Å². The van der Waals surface area contributed by atoms with Crippen molar-refractivity contribution in [1.82, 2.24) is 9.80 Å².